The Kier molecular flexibility index (Phi) is 15.3. The first-order valence-electron chi connectivity index (χ1n) is 9.46. The molecule has 0 heterocycles. The minimum absolute atomic E-state index is 0.866. The fourth-order valence-corrected chi connectivity index (χ4v) is 3.29. The third kappa shape index (κ3) is 11.8. The maximum Gasteiger partial charge on any atom is -0.00773 e. The van der Waals surface area contributed by atoms with Gasteiger partial charge in [0.15, 0.2) is 0 Å². The number of hydrogen-bond acceptors (Lipinski definition) is 1. The summed E-state index contributed by atoms with van der Waals surface area (Å²) in [5, 5.41) is 0. The average molecular weight is 284 g/mol. The molecule has 122 valence electrons. The van der Waals surface area contributed by atoms with Crippen molar-refractivity contribution in [2.24, 2.45) is 17.6 Å². The zero-order valence-corrected chi connectivity index (χ0v) is 14.6. The summed E-state index contributed by atoms with van der Waals surface area (Å²) in [7, 11) is 0. The second-order valence-electron chi connectivity index (χ2n) is 6.72. The van der Waals surface area contributed by atoms with E-state index in [9.17, 15) is 0 Å². The van der Waals surface area contributed by atoms with Crippen molar-refractivity contribution in [1.29, 1.82) is 0 Å². The van der Waals surface area contributed by atoms with Gasteiger partial charge in [0.1, 0.15) is 0 Å². The van der Waals surface area contributed by atoms with Gasteiger partial charge in [-0.15, -0.1) is 0 Å². The molecule has 0 aromatic carbocycles. The van der Waals surface area contributed by atoms with E-state index in [1.807, 2.05) is 0 Å². The van der Waals surface area contributed by atoms with E-state index in [4.69, 9.17) is 5.73 Å². The van der Waals surface area contributed by atoms with Crippen molar-refractivity contribution in [3.8, 4) is 0 Å². The van der Waals surface area contributed by atoms with Crippen LogP contribution in [0.1, 0.15) is 104 Å². The van der Waals surface area contributed by atoms with E-state index in [-0.39, 0.29) is 0 Å². The highest BCUT2D eigenvalue weighted by molar-refractivity contribution is 4.67. The van der Waals surface area contributed by atoms with Crippen molar-refractivity contribution >= 4 is 0 Å². The summed E-state index contributed by atoms with van der Waals surface area (Å²) >= 11 is 0. The van der Waals surface area contributed by atoms with Crippen LogP contribution in [0.25, 0.3) is 0 Å². The first kappa shape index (κ1) is 20.0. The van der Waals surface area contributed by atoms with Crippen molar-refractivity contribution in [1.82, 2.24) is 0 Å². The summed E-state index contributed by atoms with van der Waals surface area (Å²) in [4.78, 5) is 0. The third-order valence-corrected chi connectivity index (χ3v) is 4.76. The van der Waals surface area contributed by atoms with E-state index in [1.54, 1.807) is 0 Å². The molecule has 2 atom stereocenters. The van der Waals surface area contributed by atoms with Gasteiger partial charge < -0.3 is 5.73 Å². The van der Waals surface area contributed by atoms with E-state index in [1.165, 1.54) is 83.5 Å². The SMILES string of the molecule is CCCCCCCCC(CCC)C(C)CCCCCN. The molecular formula is C19H41N. The molecule has 0 fully saturated rings. The topological polar surface area (TPSA) is 26.0 Å². The smallest absolute Gasteiger partial charge is 0.00773 e. The van der Waals surface area contributed by atoms with Gasteiger partial charge in [0.25, 0.3) is 0 Å². The van der Waals surface area contributed by atoms with Gasteiger partial charge in [0.2, 0.25) is 0 Å². The molecule has 0 aliphatic heterocycles. The normalized spacial score (nSPS) is 14.4. The summed E-state index contributed by atoms with van der Waals surface area (Å²) < 4.78 is 0. The summed E-state index contributed by atoms with van der Waals surface area (Å²) in [5.41, 5.74) is 5.57. The van der Waals surface area contributed by atoms with Crippen molar-refractivity contribution in [2.45, 2.75) is 104 Å². The standard InChI is InChI=1S/C19H41N/c1-4-6-7-8-9-12-16-19(14-5-2)18(3)15-11-10-13-17-20/h18-19H,4-17,20H2,1-3H3. The Morgan fingerprint density at radius 3 is 1.90 bits per heavy atom. The first-order chi connectivity index (χ1) is 9.76. The molecule has 0 saturated heterocycles. The lowest BCUT2D eigenvalue weighted by atomic mass is 9.82. The molecule has 0 saturated carbocycles. The van der Waals surface area contributed by atoms with Crippen molar-refractivity contribution in [3.63, 3.8) is 0 Å². The zero-order valence-electron chi connectivity index (χ0n) is 14.6. The van der Waals surface area contributed by atoms with Gasteiger partial charge in [-0.05, 0) is 24.8 Å². The van der Waals surface area contributed by atoms with Crippen LogP contribution in [-0.4, -0.2) is 6.54 Å². The third-order valence-electron chi connectivity index (χ3n) is 4.76. The van der Waals surface area contributed by atoms with E-state index in [2.05, 4.69) is 20.8 Å². The van der Waals surface area contributed by atoms with Gasteiger partial charge in [0.05, 0.1) is 0 Å². The maximum atomic E-state index is 5.57. The van der Waals surface area contributed by atoms with Crippen molar-refractivity contribution < 1.29 is 0 Å². The molecule has 0 radical (unpaired) electrons. The van der Waals surface area contributed by atoms with Crippen LogP contribution >= 0.6 is 0 Å². The highest BCUT2D eigenvalue weighted by atomic mass is 14.5. The second kappa shape index (κ2) is 15.4. The van der Waals surface area contributed by atoms with Crippen LogP contribution in [0.15, 0.2) is 0 Å². The molecule has 2 N–H and O–H groups in total. The van der Waals surface area contributed by atoms with Crippen LogP contribution in [0.4, 0.5) is 0 Å². The lowest BCUT2D eigenvalue weighted by molar-refractivity contribution is 0.281. The summed E-state index contributed by atoms with van der Waals surface area (Å²) in [6.07, 6.45) is 18.2. The van der Waals surface area contributed by atoms with Crippen LogP contribution in [0, 0.1) is 11.8 Å². The van der Waals surface area contributed by atoms with Gasteiger partial charge in [-0.2, -0.15) is 0 Å². The highest BCUT2D eigenvalue weighted by Gasteiger charge is 2.15. The molecule has 0 aromatic rings. The summed E-state index contributed by atoms with van der Waals surface area (Å²) in [6, 6.07) is 0. The Bertz CT molecular complexity index is 179. The highest BCUT2D eigenvalue weighted by Crippen LogP contribution is 2.28. The number of unbranched alkanes of at least 4 members (excludes halogenated alkanes) is 7. The molecule has 2 unspecified atom stereocenters. The molecule has 1 nitrogen and oxygen atoms in total. The van der Waals surface area contributed by atoms with Gasteiger partial charge in [-0.3, -0.25) is 0 Å². The molecule has 1 heteroatoms. The lowest BCUT2D eigenvalue weighted by Gasteiger charge is -2.24. The fraction of sp³-hybridized carbons (Fsp3) is 1.00. The zero-order chi connectivity index (χ0) is 15.1. The molecule has 0 aliphatic carbocycles. The lowest BCUT2D eigenvalue weighted by Crippen LogP contribution is -2.12. The predicted molar refractivity (Wildman–Crippen MR) is 93.1 cm³/mol. The Labute approximate surface area is 129 Å². The molecule has 0 spiro atoms. The number of nitrogens with two attached hydrogens (primary N) is 1. The van der Waals surface area contributed by atoms with Crippen LogP contribution in [0.3, 0.4) is 0 Å². The monoisotopic (exact) mass is 283 g/mol. The average Bonchev–Trinajstić information content (AvgIpc) is 2.46. The minimum atomic E-state index is 0.866. The van der Waals surface area contributed by atoms with E-state index >= 15 is 0 Å². The quantitative estimate of drug-likeness (QED) is 0.350. The van der Waals surface area contributed by atoms with Crippen molar-refractivity contribution in [3.05, 3.63) is 0 Å². The largest absolute Gasteiger partial charge is 0.330 e. The van der Waals surface area contributed by atoms with Gasteiger partial charge in [0, 0.05) is 0 Å². The van der Waals surface area contributed by atoms with Gasteiger partial charge in [-0.25, -0.2) is 0 Å². The van der Waals surface area contributed by atoms with Crippen LogP contribution in [0.2, 0.25) is 0 Å². The van der Waals surface area contributed by atoms with Crippen LogP contribution in [0.5, 0.6) is 0 Å². The molecular weight excluding hydrogens is 242 g/mol. The van der Waals surface area contributed by atoms with Crippen LogP contribution < -0.4 is 5.73 Å². The predicted octanol–water partition coefficient (Wildman–Crippen LogP) is 6.31. The fourth-order valence-electron chi connectivity index (χ4n) is 3.29. The Morgan fingerprint density at radius 2 is 1.25 bits per heavy atom. The minimum Gasteiger partial charge on any atom is -0.330 e. The number of hydrogen-bond donors (Lipinski definition) is 1. The van der Waals surface area contributed by atoms with E-state index in [0.717, 1.165) is 18.4 Å². The number of rotatable bonds is 15. The second-order valence-corrected chi connectivity index (χ2v) is 6.72. The Morgan fingerprint density at radius 1 is 0.650 bits per heavy atom. The first-order valence-corrected chi connectivity index (χ1v) is 9.46. The van der Waals surface area contributed by atoms with Crippen molar-refractivity contribution in [2.75, 3.05) is 6.54 Å². The Hall–Kier alpha value is -0.0400. The van der Waals surface area contributed by atoms with Gasteiger partial charge in [-0.1, -0.05) is 97.8 Å². The molecule has 0 amide bonds. The molecule has 20 heavy (non-hydrogen) atoms. The molecule has 0 aliphatic rings. The summed E-state index contributed by atoms with van der Waals surface area (Å²) in [5.74, 6) is 1.90. The van der Waals surface area contributed by atoms with Crippen LogP contribution in [-0.2, 0) is 0 Å². The molecule has 0 bridgehead atoms. The van der Waals surface area contributed by atoms with E-state index in [0.29, 0.717) is 0 Å². The molecule has 0 aromatic heterocycles. The Balaban J connectivity index is 3.71. The molecule has 0 rings (SSSR count). The maximum absolute atomic E-state index is 5.57. The van der Waals surface area contributed by atoms with Gasteiger partial charge >= 0.3 is 0 Å². The summed E-state index contributed by atoms with van der Waals surface area (Å²) in [6.45, 7) is 7.99. The van der Waals surface area contributed by atoms with E-state index < -0.39 is 0 Å².